The topological polar surface area (TPSA) is 177 Å². The Morgan fingerprint density at radius 3 is 2.51 bits per heavy atom. The lowest BCUT2D eigenvalue weighted by molar-refractivity contribution is -0.141. The zero-order valence-corrected chi connectivity index (χ0v) is 33.2. The lowest BCUT2D eigenvalue weighted by atomic mass is 9.91. The number of β-amino-alcohol motifs (C(OH)–C–C–N with tert-alkyl or cyclic N) is 1. The summed E-state index contributed by atoms with van der Waals surface area (Å²) in [4.78, 5) is 42.8. The van der Waals surface area contributed by atoms with Crippen LogP contribution in [0.2, 0.25) is 0 Å². The second-order valence-electron chi connectivity index (χ2n) is 15.4. The van der Waals surface area contributed by atoms with Crippen LogP contribution in [0.1, 0.15) is 61.9 Å². The van der Waals surface area contributed by atoms with E-state index >= 15 is 0 Å². The lowest BCUT2D eigenvalue weighted by Gasteiger charge is -2.34. The van der Waals surface area contributed by atoms with E-state index in [2.05, 4.69) is 46.5 Å². The molecule has 0 spiro atoms. The molecule has 8 rings (SSSR count). The number of aliphatic hydroxyl groups is 1. The Hall–Kier alpha value is -5.64. The number of aromatic nitrogens is 5. The van der Waals surface area contributed by atoms with Crippen molar-refractivity contribution in [2.45, 2.75) is 64.8 Å². The molecular formula is C42H47N9O5S. The monoisotopic (exact) mass is 789 g/mol. The van der Waals surface area contributed by atoms with Crippen LogP contribution in [0.15, 0.2) is 76.8 Å². The number of H-pyrrole nitrogens is 1. The van der Waals surface area contributed by atoms with Gasteiger partial charge >= 0.3 is 0 Å². The number of phenols is 1. The number of hydrogen-bond donors (Lipinski definition) is 4. The molecule has 2 amide bonds. The highest BCUT2D eigenvalue weighted by molar-refractivity contribution is 7.13. The van der Waals surface area contributed by atoms with Crippen molar-refractivity contribution >= 4 is 40.0 Å². The molecule has 4 atom stereocenters. The number of aromatic amines is 1. The molecule has 2 saturated heterocycles. The van der Waals surface area contributed by atoms with Crippen LogP contribution in [0, 0.1) is 12.8 Å². The van der Waals surface area contributed by atoms with Crippen molar-refractivity contribution in [2.24, 2.45) is 5.92 Å². The fraction of sp³-hybridized carbons (Fsp3) is 0.381. The maximum absolute atomic E-state index is 14.3. The Bertz CT molecular complexity index is 2360. The first-order valence-corrected chi connectivity index (χ1v) is 20.3. The molecular weight excluding hydrogens is 743 g/mol. The molecule has 2 aliphatic rings. The van der Waals surface area contributed by atoms with Crippen LogP contribution in [0.5, 0.6) is 5.75 Å². The molecule has 4 aromatic heterocycles. The SMILES string of the molecule is Cc1ncsc1-c1ccc([C@H](C)NC(=O)[C@@H]2C[C@@H](O)CN2C(=O)[C@@H](c2cc(N3CCN(Cc4cc5cc(-c6ccccc6O)nnc5[nH]4)CC3)no2)C(C)C)cc1. The number of aryl methyl sites for hydroxylation is 1. The van der Waals surface area contributed by atoms with Crippen molar-refractivity contribution in [1.29, 1.82) is 0 Å². The number of aliphatic hydroxyl groups excluding tert-OH is 1. The quantitative estimate of drug-likeness (QED) is 0.128. The molecule has 0 radical (unpaired) electrons. The molecule has 296 valence electrons. The number of benzene rings is 2. The summed E-state index contributed by atoms with van der Waals surface area (Å²) in [6.07, 6.45) is -0.648. The second kappa shape index (κ2) is 16.1. The Morgan fingerprint density at radius 2 is 1.79 bits per heavy atom. The highest BCUT2D eigenvalue weighted by atomic mass is 32.1. The van der Waals surface area contributed by atoms with E-state index in [1.165, 1.54) is 4.90 Å². The molecule has 57 heavy (non-hydrogen) atoms. The maximum atomic E-state index is 14.3. The Kier molecular flexibility index (Phi) is 10.8. The zero-order chi connectivity index (χ0) is 39.8. The number of carbonyl (C=O) groups is 2. The van der Waals surface area contributed by atoms with Gasteiger partial charge in [-0.1, -0.05) is 55.4 Å². The summed E-state index contributed by atoms with van der Waals surface area (Å²) in [5, 5.41) is 38.0. The molecule has 4 N–H and O–H groups in total. The molecule has 0 aliphatic carbocycles. The van der Waals surface area contributed by atoms with Crippen molar-refractivity contribution in [3.05, 3.63) is 95.0 Å². The summed E-state index contributed by atoms with van der Waals surface area (Å²) in [5.74, 6) is -0.108. The predicted molar refractivity (Wildman–Crippen MR) is 218 cm³/mol. The molecule has 0 bridgehead atoms. The van der Waals surface area contributed by atoms with Gasteiger partial charge in [0.05, 0.1) is 33.9 Å². The predicted octanol–water partition coefficient (Wildman–Crippen LogP) is 5.65. The summed E-state index contributed by atoms with van der Waals surface area (Å²) < 4.78 is 5.86. The van der Waals surface area contributed by atoms with Crippen LogP contribution in [0.4, 0.5) is 5.82 Å². The largest absolute Gasteiger partial charge is 0.507 e. The smallest absolute Gasteiger partial charge is 0.243 e. The van der Waals surface area contributed by atoms with E-state index in [1.54, 1.807) is 23.5 Å². The summed E-state index contributed by atoms with van der Waals surface area (Å²) in [7, 11) is 0. The van der Waals surface area contributed by atoms with Gasteiger partial charge in [-0.15, -0.1) is 21.5 Å². The maximum Gasteiger partial charge on any atom is 0.243 e. The highest BCUT2D eigenvalue weighted by Crippen LogP contribution is 2.34. The number of likely N-dealkylation sites (tertiary alicyclic amines) is 1. The number of carbonyl (C=O) groups excluding carboxylic acids is 2. The van der Waals surface area contributed by atoms with Crippen LogP contribution in [-0.2, 0) is 16.1 Å². The Balaban J connectivity index is 0.884. The number of amides is 2. The fourth-order valence-electron chi connectivity index (χ4n) is 7.96. The van der Waals surface area contributed by atoms with E-state index in [0.29, 0.717) is 35.0 Å². The number of anilines is 1. The fourth-order valence-corrected chi connectivity index (χ4v) is 8.77. The number of thiazole rings is 1. The van der Waals surface area contributed by atoms with Gasteiger partial charge in [-0.05, 0) is 55.2 Å². The first-order chi connectivity index (χ1) is 27.5. The van der Waals surface area contributed by atoms with Gasteiger partial charge in [0, 0.05) is 68.4 Å². The number of fused-ring (bicyclic) bond motifs is 1. The van der Waals surface area contributed by atoms with Gasteiger partial charge < -0.3 is 34.8 Å². The number of rotatable bonds is 11. The van der Waals surface area contributed by atoms with Gasteiger partial charge in [-0.3, -0.25) is 14.5 Å². The van der Waals surface area contributed by atoms with E-state index < -0.39 is 18.1 Å². The standard InChI is InChI=1S/C42H47N9O5S/c1-24(2)38(42(55)51-22-31(52)19-34(51)41(54)44-25(3)27-9-11-28(12-10-27)39-26(4)43-23-57-39)36-20-37(48-56-36)50-15-13-49(14-16-50)21-30-17-29-18-33(46-47-40(29)45-30)32-7-5-6-8-35(32)53/h5-12,17-18,20,23-25,31,34,38,52-53H,13-16,19,21-22H2,1-4H3,(H,44,54)(H,45,47)/t25-,31+,34-,38+/m0/s1. The van der Waals surface area contributed by atoms with E-state index in [0.717, 1.165) is 59.0 Å². The van der Waals surface area contributed by atoms with Gasteiger partial charge in [-0.25, -0.2) is 4.98 Å². The van der Waals surface area contributed by atoms with Crippen LogP contribution < -0.4 is 10.2 Å². The first-order valence-electron chi connectivity index (χ1n) is 19.4. The minimum atomic E-state index is -0.811. The third-order valence-electron chi connectivity index (χ3n) is 11.1. The third-order valence-corrected chi connectivity index (χ3v) is 12.1. The number of hydrogen-bond acceptors (Lipinski definition) is 12. The molecule has 6 aromatic rings. The number of para-hydroxylation sites is 1. The summed E-state index contributed by atoms with van der Waals surface area (Å²) in [6, 6.07) is 19.9. The van der Waals surface area contributed by atoms with Gasteiger partial charge in [0.2, 0.25) is 11.8 Å². The molecule has 2 fully saturated rings. The number of piperazine rings is 1. The van der Waals surface area contributed by atoms with Crippen molar-refractivity contribution in [1.82, 2.24) is 40.4 Å². The van der Waals surface area contributed by atoms with Gasteiger partial charge in [0.15, 0.2) is 17.2 Å². The Morgan fingerprint density at radius 1 is 1.02 bits per heavy atom. The first kappa shape index (κ1) is 38.2. The van der Waals surface area contributed by atoms with Crippen LogP contribution in [0.25, 0.3) is 32.7 Å². The summed E-state index contributed by atoms with van der Waals surface area (Å²) >= 11 is 1.59. The number of nitrogens with zero attached hydrogens (tertiary/aromatic N) is 7. The molecule has 15 heteroatoms. The van der Waals surface area contributed by atoms with Gasteiger partial charge in [0.1, 0.15) is 17.7 Å². The molecule has 6 heterocycles. The molecule has 0 saturated carbocycles. The number of phenolic OH excluding ortho intramolecular Hbond substituents is 1. The zero-order valence-electron chi connectivity index (χ0n) is 32.4. The normalized spacial score (nSPS) is 18.7. The lowest BCUT2D eigenvalue weighted by Crippen LogP contribution is -2.48. The second-order valence-corrected chi connectivity index (χ2v) is 16.3. The van der Waals surface area contributed by atoms with Crippen LogP contribution in [0.3, 0.4) is 0 Å². The van der Waals surface area contributed by atoms with E-state index in [9.17, 15) is 19.8 Å². The third kappa shape index (κ3) is 8.00. The molecule has 14 nitrogen and oxygen atoms in total. The number of aromatic hydroxyl groups is 1. The van der Waals surface area contributed by atoms with Crippen LogP contribution >= 0.6 is 11.3 Å². The minimum Gasteiger partial charge on any atom is -0.507 e. The molecule has 2 aliphatic heterocycles. The average Bonchev–Trinajstić information content (AvgIpc) is 4.02. The van der Waals surface area contributed by atoms with Crippen molar-refractivity contribution in [3.63, 3.8) is 0 Å². The van der Waals surface area contributed by atoms with E-state index in [-0.39, 0.29) is 42.5 Å². The number of nitrogens with one attached hydrogen (secondary N) is 2. The van der Waals surface area contributed by atoms with Crippen molar-refractivity contribution < 1.29 is 24.3 Å². The van der Waals surface area contributed by atoms with E-state index in [1.807, 2.05) is 81.7 Å². The van der Waals surface area contributed by atoms with Crippen LogP contribution in [-0.4, -0.2) is 102 Å². The van der Waals surface area contributed by atoms with Gasteiger partial charge in [-0.2, -0.15) is 0 Å². The summed E-state index contributed by atoms with van der Waals surface area (Å²) in [5.41, 5.74) is 7.80. The van der Waals surface area contributed by atoms with Crippen molar-refractivity contribution in [2.75, 3.05) is 37.6 Å². The Labute approximate surface area is 334 Å². The highest BCUT2D eigenvalue weighted by Gasteiger charge is 2.43. The minimum absolute atomic E-state index is 0.0705. The molecule has 0 unspecified atom stereocenters. The molecule has 2 aromatic carbocycles. The van der Waals surface area contributed by atoms with E-state index in [4.69, 9.17) is 4.52 Å². The average molecular weight is 790 g/mol. The summed E-state index contributed by atoms with van der Waals surface area (Å²) in [6.45, 7) is 11.6. The van der Waals surface area contributed by atoms with Crippen molar-refractivity contribution in [3.8, 4) is 27.4 Å². The van der Waals surface area contributed by atoms with Gasteiger partial charge in [0.25, 0.3) is 0 Å².